The molecule has 0 spiro atoms. The van der Waals surface area contributed by atoms with Crippen LogP contribution in [0.1, 0.15) is 51.9 Å². The van der Waals surface area contributed by atoms with Gasteiger partial charge in [0, 0.05) is 12.5 Å². The summed E-state index contributed by atoms with van der Waals surface area (Å²) in [6, 6.07) is 0.268. The number of amides is 1. The van der Waals surface area contributed by atoms with Crippen LogP contribution in [0, 0.1) is 5.92 Å². The van der Waals surface area contributed by atoms with Gasteiger partial charge in [0.15, 0.2) is 0 Å². The van der Waals surface area contributed by atoms with Crippen molar-refractivity contribution in [3.63, 3.8) is 0 Å². The Balaban J connectivity index is 2.18. The molecular formula is C12H21NO3. The summed E-state index contributed by atoms with van der Waals surface area (Å²) in [4.78, 5) is 21.7. The van der Waals surface area contributed by atoms with Gasteiger partial charge in [-0.05, 0) is 31.6 Å². The molecule has 0 unspecified atom stereocenters. The minimum Gasteiger partial charge on any atom is -0.481 e. The van der Waals surface area contributed by atoms with Crippen molar-refractivity contribution < 1.29 is 14.7 Å². The molecule has 2 N–H and O–H groups in total. The molecular weight excluding hydrogens is 206 g/mol. The highest BCUT2D eigenvalue weighted by atomic mass is 16.4. The molecule has 4 nitrogen and oxygen atoms in total. The molecule has 1 saturated carbocycles. The minimum atomic E-state index is -0.912. The number of rotatable bonds is 5. The highest BCUT2D eigenvalue weighted by molar-refractivity contribution is 5.80. The maximum absolute atomic E-state index is 11.4. The smallest absolute Gasteiger partial charge is 0.303 e. The normalized spacial score (nSPS) is 25.1. The number of carboxylic acid groups (broad SMARTS) is 1. The van der Waals surface area contributed by atoms with E-state index >= 15 is 0 Å². The third-order valence-corrected chi connectivity index (χ3v) is 3.36. The summed E-state index contributed by atoms with van der Waals surface area (Å²) in [5, 5.41) is 11.4. The van der Waals surface area contributed by atoms with Gasteiger partial charge in [-0.1, -0.05) is 13.3 Å². The van der Waals surface area contributed by atoms with Crippen LogP contribution in [-0.4, -0.2) is 23.0 Å². The van der Waals surface area contributed by atoms with Crippen LogP contribution in [0.3, 0.4) is 0 Å². The predicted molar refractivity (Wildman–Crippen MR) is 61.0 cm³/mol. The molecule has 0 bridgehead atoms. The van der Waals surface area contributed by atoms with Crippen LogP contribution in [0.4, 0.5) is 0 Å². The number of carbonyl (C=O) groups is 2. The number of hydrogen-bond donors (Lipinski definition) is 2. The molecule has 92 valence electrons. The van der Waals surface area contributed by atoms with E-state index in [0.717, 1.165) is 18.8 Å². The van der Waals surface area contributed by atoms with Crippen molar-refractivity contribution in [2.75, 3.05) is 0 Å². The quantitative estimate of drug-likeness (QED) is 0.754. The fourth-order valence-corrected chi connectivity index (χ4v) is 2.24. The molecule has 4 heteroatoms. The maximum Gasteiger partial charge on any atom is 0.303 e. The van der Waals surface area contributed by atoms with Crippen LogP contribution in [0.15, 0.2) is 0 Å². The van der Waals surface area contributed by atoms with E-state index in [1.54, 1.807) is 0 Å². The van der Waals surface area contributed by atoms with Crippen LogP contribution in [0.25, 0.3) is 0 Å². The average Bonchev–Trinajstić information content (AvgIpc) is 2.27. The van der Waals surface area contributed by atoms with Crippen LogP contribution in [0.2, 0.25) is 0 Å². The fraction of sp³-hybridized carbons (Fsp3) is 0.833. The minimum absolute atomic E-state index is 0.0733. The van der Waals surface area contributed by atoms with Crippen molar-refractivity contribution in [2.45, 2.75) is 57.9 Å². The average molecular weight is 227 g/mol. The lowest BCUT2D eigenvalue weighted by atomic mass is 9.84. The standard InChI is InChI=1S/C12H21NO3/c1-2-9-3-5-10(6-4-9)13-11(14)7-8-12(15)16/h9-10H,2-8H2,1H3,(H,13,14)(H,15,16). The Bertz CT molecular complexity index is 245. The first-order valence-electron chi connectivity index (χ1n) is 6.13. The molecule has 1 amide bonds. The van der Waals surface area contributed by atoms with Crippen molar-refractivity contribution in [3.05, 3.63) is 0 Å². The van der Waals surface area contributed by atoms with Gasteiger partial charge in [0.1, 0.15) is 0 Å². The molecule has 16 heavy (non-hydrogen) atoms. The van der Waals surface area contributed by atoms with E-state index in [-0.39, 0.29) is 24.8 Å². The van der Waals surface area contributed by atoms with Gasteiger partial charge in [-0.3, -0.25) is 9.59 Å². The number of carbonyl (C=O) groups excluding carboxylic acids is 1. The first-order chi connectivity index (χ1) is 7.61. The summed E-state index contributed by atoms with van der Waals surface area (Å²) in [5.74, 6) is -0.223. The fourth-order valence-electron chi connectivity index (χ4n) is 2.24. The van der Waals surface area contributed by atoms with E-state index in [1.807, 2.05) is 0 Å². The zero-order valence-corrected chi connectivity index (χ0v) is 9.87. The Labute approximate surface area is 96.4 Å². The molecule has 1 fully saturated rings. The van der Waals surface area contributed by atoms with Gasteiger partial charge < -0.3 is 10.4 Å². The van der Waals surface area contributed by atoms with Crippen molar-refractivity contribution in [3.8, 4) is 0 Å². The third kappa shape index (κ3) is 4.64. The van der Waals surface area contributed by atoms with Crippen LogP contribution >= 0.6 is 0 Å². The molecule has 0 radical (unpaired) electrons. The van der Waals surface area contributed by atoms with Gasteiger partial charge >= 0.3 is 5.97 Å². The predicted octanol–water partition coefficient (Wildman–Crippen LogP) is 1.94. The molecule has 0 aromatic rings. The summed E-state index contributed by atoms with van der Waals surface area (Å²) < 4.78 is 0. The number of carboxylic acids is 1. The van der Waals surface area contributed by atoms with Gasteiger partial charge in [0.25, 0.3) is 0 Å². The molecule has 0 atom stereocenters. The number of nitrogens with one attached hydrogen (secondary N) is 1. The molecule has 0 saturated heterocycles. The van der Waals surface area contributed by atoms with Gasteiger partial charge in [-0.25, -0.2) is 0 Å². The van der Waals surface area contributed by atoms with E-state index in [4.69, 9.17) is 5.11 Å². The van der Waals surface area contributed by atoms with E-state index in [9.17, 15) is 9.59 Å². The first-order valence-corrected chi connectivity index (χ1v) is 6.13. The summed E-state index contributed by atoms with van der Waals surface area (Å²) in [7, 11) is 0. The van der Waals surface area contributed by atoms with Crippen molar-refractivity contribution in [2.24, 2.45) is 5.92 Å². The zero-order valence-electron chi connectivity index (χ0n) is 9.87. The van der Waals surface area contributed by atoms with Crippen LogP contribution in [-0.2, 0) is 9.59 Å². The van der Waals surface area contributed by atoms with E-state index in [0.29, 0.717) is 0 Å². The highest BCUT2D eigenvalue weighted by Crippen LogP contribution is 2.26. The van der Waals surface area contributed by atoms with E-state index in [1.165, 1.54) is 19.3 Å². The topological polar surface area (TPSA) is 66.4 Å². The van der Waals surface area contributed by atoms with Crippen LogP contribution in [0.5, 0.6) is 0 Å². The SMILES string of the molecule is CCC1CCC(NC(=O)CCC(=O)O)CC1. The molecule has 1 aliphatic carbocycles. The lowest BCUT2D eigenvalue weighted by Gasteiger charge is -2.28. The molecule has 0 aromatic heterocycles. The summed E-state index contributed by atoms with van der Waals surface area (Å²) >= 11 is 0. The van der Waals surface area contributed by atoms with Gasteiger partial charge in [0.05, 0.1) is 6.42 Å². The maximum atomic E-state index is 11.4. The summed E-state index contributed by atoms with van der Waals surface area (Å²) in [6.45, 7) is 2.20. The molecule has 0 aliphatic heterocycles. The lowest BCUT2D eigenvalue weighted by molar-refractivity contribution is -0.139. The molecule has 1 rings (SSSR count). The summed E-state index contributed by atoms with van der Waals surface area (Å²) in [5.41, 5.74) is 0. The van der Waals surface area contributed by atoms with Gasteiger partial charge in [-0.15, -0.1) is 0 Å². The van der Waals surface area contributed by atoms with Crippen molar-refractivity contribution >= 4 is 11.9 Å². The van der Waals surface area contributed by atoms with Gasteiger partial charge in [0.2, 0.25) is 5.91 Å². The number of aliphatic carboxylic acids is 1. The largest absolute Gasteiger partial charge is 0.481 e. The zero-order chi connectivity index (χ0) is 12.0. The van der Waals surface area contributed by atoms with Crippen molar-refractivity contribution in [1.29, 1.82) is 0 Å². The molecule has 0 aromatic carbocycles. The Morgan fingerprint density at radius 1 is 1.19 bits per heavy atom. The van der Waals surface area contributed by atoms with Gasteiger partial charge in [-0.2, -0.15) is 0 Å². The Hall–Kier alpha value is -1.06. The second kappa shape index (κ2) is 6.51. The highest BCUT2D eigenvalue weighted by Gasteiger charge is 2.21. The second-order valence-electron chi connectivity index (χ2n) is 4.59. The third-order valence-electron chi connectivity index (χ3n) is 3.36. The Kier molecular flexibility index (Phi) is 5.29. The monoisotopic (exact) mass is 227 g/mol. The second-order valence-corrected chi connectivity index (χ2v) is 4.59. The van der Waals surface area contributed by atoms with Crippen LogP contribution < -0.4 is 5.32 Å². The molecule has 0 heterocycles. The number of hydrogen-bond acceptors (Lipinski definition) is 2. The summed E-state index contributed by atoms with van der Waals surface area (Å²) in [6.07, 6.45) is 5.69. The van der Waals surface area contributed by atoms with Crippen molar-refractivity contribution in [1.82, 2.24) is 5.32 Å². The first kappa shape index (κ1) is 13.0. The van der Waals surface area contributed by atoms with E-state index < -0.39 is 5.97 Å². The Morgan fingerprint density at radius 3 is 2.31 bits per heavy atom. The van der Waals surface area contributed by atoms with E-state index in [2.05, 4.69) is 12.2 Å². The lowest BCUT2D eigenvalue weighted by Crippen LogP contribution is -2.37. The molecule has 1 aliphatic rings. The Morgan fingerprint density at radius 2 is 1.81 bits per heavy atom.